The van der Waals surface area contributed by atoms with Crippen LogP contribution in [0.5, 0.6) is 0 Å². The van der Waals surface area contributed by atoms with E-state index >= 15 is 0 Å². The normalized spacial score (nSPS) is 32.3. The van der Waals surface area contributed by atoms with E-state index in [1.54, 1.807) is 0 Å². The average molecular weight is 150 g/mol. The number of hydrogen-bond acceptors (Lipinski definition) is 4. The summed E-state index contributed by atoms with van der Waals surface area (Å²) < 4.78 is 0. The third kappa shape index (κ3) is 1.48. The second-order valence-corrected chi connectivity index (χ2v) is 2.67. The number of nitrogens with zero attached hydrogens (tertiary/aromatic N) is 3. The number of rotatable bonds is 0. The third-order valence-electron chi connectivity index (χ3n) is 1.97. The maximum absolute atomic E-state index is 8.59. The first kappa shape index (κ1) is 8.00. The van der Waals surface area contributed by atoms with Crippen LogP contribution in [0.3, 0.4) is 0 Å². The Kier molecular flexibility index (Phi) is 2.43. The fraction of sp³-hybridized carbons (Fsp3) is 0.714. The van der Waals surface area contributed by atoms with E-state index in [4.69, 9.17) is 16.4 Å². The molecule has 0 radical (unpaired) electrons. The molecular formula is C7H10N4. The highest BCUT2D eigenvalue weighted by molar-refractivity contribution is 5.02. The first-order chi connectivity index (χ1) is 5.29. The average Bonchev–Trinajstić information content (AvgIpc) is 2.05. The van der Waals surface area contributed by atoms with Crippen molar-refractivity contribution >= 4 is 0 Å². The molecule has 11 heavy (non-hydrogen) atoms. The summed E-state index contributed by atoms with van der Waals surface area (Å²) in [7, 11) is 0. The Bertz CT molecular complexity index is 189. The van der Waals surface area contributed by atoms with Crippen molar-refractivity contribution in [1.82, 2.24) is 5.01 Å². The van der Waals surface area contributed by atoms with Gasteiger partial charge in [-0.25, -0.2) is 5.01 Å². The second-order valence-electron chi connectivity index (χ2n) is 2.67. The van der Waals surface area contributed by atoms with Gasteiger partial charge in [-0.3, -0.25) is 5.84 Å². The molecule has 0 saturated carbocycles. The van der Waals surface area contributed by atoms with Crippen LogP contribution in [0, 0.1) is 22.7 Å². The Hall–Kier alpha value is -1.10. The summed E-state index contributed by atoms with van der Waals surface area (Å²) in [6, 6.07) is 3.60. The van der Waals surface area contributed by atoms with Crippen LogP contribution in [0.2, 0.25) is 0 Å². The van der Waals surface area contributed by atoms with E-state index in [1.807, 2.05) is 0 Å². The Balaban J connectivity index is 2.62. The topological polar surface area (TPSA) is 76.8 Å². The number of hydrazine groups is 1. The van der Waals surface area contributed by atoms with Crippen LogP contribution in [0.1, 0.15) is 19.3 Å². The molecule has 0 unspecified atom stereocenters. The molecule has 0 amide bonds. The van der Waals surface area contributed by atoms with Crippen molar-refractivity contribution in [3.8, 4) is 12.1 Å². The van der Waals surface area contributed by atoms with Gasteiger partial charge in [-0.05, 0) is 19.3 Å². The molecule has 4 heteroatoms. The molecule has 4 nitrogen and oxygen atoms in total. The van der Waals surface area contributed by atoms with Crippen LogP contribution in [0.25, 0.3) is 0 Å². The summed E-state index contributed by atoms with van der Waals surface area (Å²) >= 11 is 0. The fourth-order valence-electron chi connectivity index (χ4n) is 1.28. The maximum atomic E-state index is 8.59. The van der Waals surface area contributed by atoms with Crippen LogP contribution in [-0.4, -0.2) is 17.1 Å². The Morgan fingerprint density at radius 1 is 1.18 bits per heavy atom. The van der Waals surface area contributed by atoms with Gasteiger partial charge in [0.25, 0.3) is 0 Å². The smallest absolute Gasteiger partial charge is 0.112 e. The minimum atomic E-state index is -0.270. The van der Waals surface area contributed by atoms with Gasteiger partial charge in [-0.15, -0.1) is 0 Å². The Morgan fingerprint density at radius 3 is 2.00 bits per heavy atom. The van der Waals surface area contributed by atoms with E-state index in [0.717, 1.165) is 19.3 Å². The van der Waals surface area contributed by atoms with Crippen molar-refractivity contribution in [1.29, 1.82) is 10.5 Å². The molecule has 0 bridgehead atoms. The lowest BCUT2D eigenvalue weighted by Gasteiger charge is -2.30. The zero-order valence-corrected chi connectivity index (χ0v) is 6.20. The highest BCUT2D eigenvalue weighted by Gasteiger charge is 2.27. The van der Waals surface area contributed by atoms with E-state index < -0.39 is 0 Å². The summed E-state index contributed by atoms with van der Waals surface area (Å²) in [4.78, 5) is 0. The van der Waals surface area contributed by atoms with Gasteiger partial charge in [0, 0.05) is 0 Å². The lowest BCUT2D eigenvalue weighted by atomic mass is 9.99. The highest BCUT2D eigenvalue weighted by Crippen LogP contribution is 2.18. The van der Waals surface area contributed by atoms with Gasteiger partial charge in [0.1, 0.15) is 12.1 Å². The van der Waals surface area contributed by atoms with Crippen molar-refractivity contribution in [2.75, 3.05) is 0 Å². The van der Waals surface area contributed by atoms with Crippen LogP contribution >= 0.6 is 0 Å². The molecule has 58 valence electrons. The van der Waals surface area contributed by atoms with Gasteiger partial charge in [0.2, 0.25) is 0 Å². The minimum absolute atomic E-state index is 0.270. The van der Waals surface area contributed by atoms with Gasteiger partial charge in [-0.1, -0.05) is 0 Å². The Labute approximate surface area is 65.8 Å². The molecule has 1 fully saturated rings. The maximum Gasteiger partial charge on any atom is 0.112 e. The van der Waals surface area contributed by atoms with Crippen LogP contribution in [0.4, 0.5) is 0 Å². The van der Waals surface area contributed by atoms with E-state index in [-0.39, 0.29) is 12.1 Å². The largest absolute Gasteiger partial charge is 0.266 e. The standard InChI is InChI=1S/C7H10N4/c8-4-6-2-1-3-7(5-9)11(6)10/h6-7H,1-3,10H2/t6-,7+. The molecule has 1 saturated heterocycles. The quantitative estimate of drug-likeness (QED) is 0.498. The monoisotopic (exact) mass is 150 g/mol. The molecule has 2 N–H and O–H groups in total. The molecule has 0 spiro atoms. The molecule has 0 aliphatic carbocycles. The zero-order chi connectivity index (χ0) is 8.27. The van der Waals surface area contributed by atoms with Crippen LogP contribution in [0.15, 0.2) is 0 Å². The van der Waals surface area contributed by atoms with E-state index in [1.165, 1.54) is 5.01 Å². The van der Waals surface area contributed by atoms with Crippen LogP contribution < -0.4 is 5.84 Å². The van der Waals surface area contributed by atoms with Crippen molar-refractivity contribution in [3.05, 3.63) is 0 Å². The lowest BCUT2D eigenvalue weighted by molar-refractivity contribution is 0.147. The summed E-state index contributed by atoms with van der Waals surface area (Å²) in [6.07, 6.45) is 2.49. The molecule has 0 aromatic heterocycles. The lowest BCUT2D eigenvalue weighted by Crippen LogP contribution is -2.49. The summed E-state index contributed by atoms with van der Waals surface area (Å²) in [5.74, 6) is 5.53. The van der Waals surface area contributed by atoms with Crippen LogP contribution in [-0.2, 0) is 0 Å². The van der Waals surface area contributed by atoms with E-state index in [2.05, 4.69) is 12.1 Å². The molecule has 1 aliphatic heterocycles. The molecular weight excluding hydrogens is 140 g/mol. The Morgan fingerprint density at radius 2 is 1.64 bits per heavy atom. The van der Waals surface area contributed by atoms with E-state index in [0.29, 0.717) is 0 Å². The van der Waals surface area contributed by atoms with Gasteiger partial charge in [-0.2, -0.15) is 10.5 Å². The highest BCUT2D eigenvalue weighted by atomic mass is 15.4. The predicted octanol–water partition coefficient (Wildman–Crippen LogP) is 0.130. The van der Waals surface area contributed by atoms with Gasteiger partial charge in [0.05, 0.1) is 12.1 Å². The van der Waals surface area contributed by atoms with Crippen molar-refractivity contribution in [3.63, 3.8) is 0 Å². The van der Waals surface area contributed by atoms with Crippen molar-refractivity contribution in [2.24, 2.45) is 5.84 Å². The molecule has 1 aliphatic rings. The summed E-state index contributed by atoms with van der Waals surface area (Å²) in [6.45, 7) is 0. The van der Waals surface area contributed by atoms with Crippen molar-refractivity contribution in [2.45, 2.75) is 31.3 Å². The molecule has 2 atom stereocenters. The first-order valence-corrected chi connectivity index (χ1v) is 3.62. The first-order valence-electron chi connectivity index (χ1n) is 3.62. The zero-order valence-electron chi connectivity index (χ0n) is 6.20. The van der Waals surface area contributed by atoms with Crippen molar-refractivity contribution < 1.29 is 0 Å². The van der Waals surface area contributed by atoms with E-state index in [9.17, 15) is 0 Å². The number of nitrogens with two attached hydrogens (primary N) is 1. The summed E-state index contributed by atoms with van der Waals surface area (Å²) in [5.41, 5.74) is 0. The van der Waals surface area contributed by atoms with Gasteiger partial charge in [0.15, 0.2) is 0 Å². The fourth-order valence-corrected chi connectivity index (χ4v) is 1.28. The molecule has 0 aromatic carbocycles. The summed E-state index contributed by atoms with van der Waals surface area (Å²) in [5, 5.41) is 18.6. The second kappa shape index (κ2) is 3.34. The number of piperidine rings is 1. The van der Waals surface area contributed by atoms with Gasteiger partial charge >= 0.3 is 0 Å². The third-order valence-corrected chi connectivity index (χ3v) is 1.97. The SMILES string of the molecule is N#C[C@@H]1CCC[C@H](C#N)N1N. The van der Waals surface area contributed by atoms with Gasteiger partial charge < -0.3 is 0 Å². The number of hydrogen-bond donors (Lipinski definition) is 1. The molecule has 0 aromatic rings. The molecule has 1 heterocycles. The predicted molar refractivity (Wildman–Crippen MR) is 38.7 cm³/mol. The number of nitriles is 2. The molecule has 1 rings (SSSR count). The minimum Gasteiger partial charge on any atom is -0.266 e.